The first kappa shape index (κ1) is 37.8. The fraction of sp³-hybridized carbons (Fsp3) is 0.0847. The molecule has 1 aliphatic carbocycles. The monoisotopic (exact) mass is 784 g/mol. The van der Waals surface area contributed by atoms with E-state index in [1.165, 1.54) is 66.8 Å². The van der Waals surface area contributed by atoms with Crippen LogP contribution in [0.5, 0.6) is 0 Å². The molecule has 1 aliphatic rings. The summed E-state index contributed by atoms with van der Waals surface area (Å²) in [6.45, 7) is 9.09. The number of fused-ring (bicyclic) bond motifs is 3. The molecule has 0 aliphatic heterocycles. The smallest absolute Gasteiger partial charge is 0.0465 e. The first-order chi connectivity index (χ1) is 29.8. The maximum atomic E-state index is 2.40. The normalized spacial score (nSPS) is 12.4. The molecule has 10 rings (SSSR count). The first-order valence-electron chi connectivity index (χ1n) is 21.3. The molecule has 0 bridgehead atoms. The highest BCUT2D eigenvalue weighted by Gasteiger charge is 2.35. The third-order valence-corrected chi connectivity index (χ3v) is 12.6. The summed E-state index contributed by atoms with van der Waals surface area (Å²) in [5, 5.41) is 0. The summed E-state index contributed by atoms with van der Waals surface area (Å²) in [5.74, 6) is 0. The summed E-state index contributed by atoms with van der Waals surface area (Å²) in [6, 6.07) is 79.5. The average molecular weight is 785 g/mol. The van der Waals surface area contributed by atoms with Gasteiger partial charge in [-0.1, -0.05) is 159 Å². The van der Waals surface area contributed by atoms with Crippen LogP contribution in [-0.2, 0) is 5.41 Å². The van der Waals surface area contributed by atoms with Crippen LogP contribution in [-0.4, -0.2) is 0 Å². The van der Waals surface area contributed by atoms with Crippen molar-refractivity contribution in [2.45, 2.75) is 33.1 Å². The van der Waals surface area contributed by atoms with Gasteiger partial charge in [0.1, 0.15) is 0 Å². The van der Waals surface area contributed by atoms with Gasteiger partial charge < -0.3 is 9.80 Å². The number of anilines is 6. The molecule has 0 atom stereocenters. The molecule has 0 fully saturated rings. The SMILES string of the molecule is Cc1ccccc1-c1ccc(N(c2ccccc2)c2ccc(-c3ccccc3-c3ccc(N(c4ccccc4)c4ccc5c(c4)C(C)(C)c4ccccc4-5)cc3)cc2)cc1C. The van der Waals surface area contributed by atoms with Crippen molar-refractivity contribution in [1.29, 1.82) is 0 Å². The van der Waals surface area contributed by atoms with Gasteiger partial charge in [-0.15, -0.1) is 0 Å². The molecular formula is C59H48N2. The second kappa shape index (κ2) is 15.6. The Morgan fingerprint density at radius 3 is 1.18 bits per heavy atom. The summed E-state index contributed by atoms with van der Waals surface area (Å²) in [6.07, 6.45) is 0. The van der Waals surface area contributed by atoms with Crippen LogP contribution in [0.25, 0.3) is 44.5 Å². The number of nitrogens with zero attached hydrogens (tertiary/aromatic N) is 2. The van der Waals surface area contributed by atoms with Gasteiger partial charge >= 0.3 is 0 Å². The van der Waals surface area contributed by atoms with E-state index in [9.17, 15) is 0 Å². The Hall–Kier alpha value is -7.42. The molecule has 0 unspecified atom stereocenters. The highest BCUT2D eigenvalue weighted by Crippen LogP contribution is 2.51. The Morgan fingerprint density at radius 1 is 0.279 bits per heavy atom. The van der Waals surface area contributed by atoms with Gasteiger partial charge in [0.15, 0.2) is 0 Å². The number of hydrogen-bond acceptors (Lipinski definition) is 2. The van der Waals surface area contributed by atoms with Crippen LogP contribution in [0.4, 0.5) is 34.1 Å². The lowest BCUT2D eigenvalue weighted by molar-refractivity contribution is 0.660. The highest BCUT2D eigenvalue weighted by atomic mass is 15.1. The lowest BCUT2D eigenvalue weighted by atomic mass is 9.82. The van der Waals surface area contributed by atoms with Crippen molar-refractivity contribution >= 4 is 34.1 Å². The van der Waals surface area contributed by atoms with Crippen molar-refractivity contribution in [3.05, 3.63) is 241 Å². The van der Waals surface area contributed by atoms with E-state index in [-0.39, 0.29) is 5.41 Å². The van der Waals surface area contributed by atoms with E-state index in [4.69, 9.17) is 0 Å². The molecule has 0 N–H and O–H groups in total. The van der Waals surface area contributed by atoms with Crippen LogP contribution in [0, 0.1) is 13.8 Å². The number of hydrogen-bond donors (Lipinski definition) is 0. The molecule has 2 heteroatoms. The number of para-hydroxylation sites is 2. The van der Waals surface area contributed by atoms with Gasteiger partial charge in [-0.25, -0.2) is 0 Å². The summed E-state index contributed by atoms with van der Waals surface area (Å²) in [5.41, 5.74) is 21.9. The molecule has 0 saturated heterocycles. The summed E-state index contributed by atoms with van der Waals surface area (Å²) >= 11 is 0. The third kappa shape index (κ3) is 6.90. The van der Waals surface area contributed by atoms with E-state index in [2.05, 4.69) is 256 Å². The molecule has 0 radical (unpaired) electrons. The number of benzene rings is 9. The Balaban J connectivity index is 0.977. The fourth-order valence-electron chi connectivity index (χ4n) is 9.41. The summed E-state index contributed by atoms with van der Waals surface area (Å²) in [7, 11) is 0. The molecule has 0 heterocycles. The Bertz CT molecular complexity index is 3000. The van der Waals surface area contributed by atoms with E-state index in [1.807, 2.05) is 0 Å². The van der Waals surface area contributed by atoms with Gasteiger partial charge in [0, 0.05) is 39.5 Å². The minimum atomic E-state index is -0.0810. The zero-order valence-corrected chi connectivity index (χ0v) is 35.2. The lowest BCUT2D eigenvalue weighted by Gasteiger charge is -2.28. The second-order valence-corrected chi connectivity index (χ2v) is 16.7. The van der Waals surface area contributed by atoms with Crippen LogP contribution < -0.4 is 9.80 Å². The average Bonchev–Trinajstić information content (AvgIpc) is 3.53. The van der Waals surface area contributed by atoms with Crippen molar-refractivity contribution in [2.24, 2.45) is 0 Å². The molecule has 61 heavy (non-hydrogen) atoms. The van der Waals surface area contributed by atoms with Crippen LogP contribution in [0.2, 0.25) is 0 Å². The minimum absolute atomic E-state index is 0.0810. The zero-order valence-electron chi connectivity index (χ0n) is 35.2. The molecule has 9 aromatic carbocycles. The van der Waals surface area contributed by atoms with Crippen LogP contribution >= 0.6 is 0 Å². The summed E-state index contributed by atoms with van der Waals surface area (Å²) < 4.78 is 0. The third-order valence-electron chi connectivity index (χ3n) is 12.6. The standard InChI is InChI=1S/C59H48N2/c1-41-17-11-12-22-51(41)52-37-35-49(39-42(52)2)60(45-18-7-5-8-19-45)47-31-27-43(28-32-47)53-23-13-14-24-54(53)44-29-33-48(34-30-44)61(46-20-9-6-10-21-46)50-36-38-56-55-25-15-16-26-57(55)59(3,4)58(56)40-50/h5-40H,1-4H3. The van der Waals surface area contributed by atoms with Gasteiger partial charge in [0.2, 0.25) is 0 Å². The van der Waals surface area contributed by atoms with E-state index in [1.54, 1.807) is 0 Å². The van der Waals surface area contributed by atoms with Crippen molar-refractivity contribution in [1.82, 2.24) is 0 Å². The van der Waals surface area contributed by atoms with Gasteiger partial charge in [-0.2, -0.15) is 0 Å². The fourth-order valence-corrected chi connectivity index (χ4v) is 9.41. The molecule has 0 aromatic heterocycles. The van der Waals surface area contributed by atoms with E-state index in [0.717, 1.165) is 34.1 Å². The maximum Gasteiger partial charge on any atom is 0.0465 e. The van der Waals surface area contributed by atoms with E-state index >= 15 is 0 Å². The topological polar surface area (TPSA) is 6.48 Å². The molecule has 294 valence electrons. The van der Waals surface area contributed by atoms with E-state index in [0.29, 0.717) is 0 Å². The van der Waals surface area contributed by atoms with Gasteiger partial charge in [0.05, 0.1) is 0 Å². The van der Waals surface area contributed by atoms with Crippen molar-refractivity contribution in [3.8, 4) is 44.5 Å². The second-order valence-electron chi connectivity index (χ2n) is 16.7. The largest absolute Gasteiger partial charge is 0.310 e. The van der Waals surface area contributed by atoms with Crippen LogP contribution in [0.1, 0.15) is 36.1 Å². The molecule has 0 spiro atoms. The Kier molecular flexibility index (Phi) is 9.70. The predicted octanol–water partition coefficient (Wildman–Crippen LogP) is 16.6. The predicted molar refractivity (Wildman–Crippen MR) is 259 cm³/mol. The Labute approximate surface area is 360 Å². The van der Waals surface area contributed by atoms with Crippen molar-refractivity contribution in [3.63, 3.8) is 0 Å². The highest BCUT2D eigenvalue weighted by molar-refractivity contribution is 5.89. The zero-order chi connectivity index (χ0) is 41.5. The maximum absolute atomic E-state index is 2.40. The van der Waals surface area contributed by atoms with Crippen LogP contribution in [0.15, 0.2) is 218 Å². The van der Waals surface area contributed by atoms with Gasteiger partial charge in [-0.05, 0) is 153 Å². The van der Waals surface area contributed by atoms with Gasteiger partial charge in [-0.3, -0.25) is 0 Å². The molecular weight excluding hydrogens is 737 g/mol. The number of aryl methyl sites for hydroxylation is 2. The molecule has 0 saturated carbocycles. The molecule has 2 nitrogen and oxygen atoms in total. The van der Waals surface area contributed by atoms with Gasteiger partial charge in [0.25, 0.3) is 0 Å². The van der Waals surface area contributed by atoms with Crippen LogP contribution in [0.3, 0.4) is 0 Å². The van der Waals surface area contributed by atoms with E-state index < -0.39 is 0 Å². The first-order valence-corrected chi connectivity index (χ1v) is 21.3. The summed E-state index contributed by atoms with van der Waals surface area (Å²) in [4.78, 5) is 4.73. The minimum Gasteiger partial charge on any atom is -0.310 e. The van der Waals surface area contributed by atoms with Crippen molar-refractivity contribution < 1.29 is 0 Å². The van der Waals surface area contributed by atoms with Crippen molar-refractivity contribution in [2.75, 3.05) is 9.80 Å². The molecule has 0 amide bonds. The lowest BCUT2D eigenvalue weighted by Crippen LogP contribution is -2.16. The number of rotatable bonds is 9. The molecule has 9 aromatic rings. The quantitative estimate of drug-likeness (QED) is 0.144. The Morgan fingerprint density at radius 2 is 0.656 bits per heavy atom.